The number of amides is 2. The molecule has 0 radical (unpaired) electrons. The highest BCUT2D eigenvalue weighted by Crippen LogP contribution is 2.33. The lowest BCUT2D eigenvalue weighted by Crippen LogP contribution is -2.27. The molecule has 9 heteroatoms. The molecule has 0 unspecified atom stereocenters. The molecule has 2 amide bonds. The molecule has 0 atom stereocenters. The lowest BCUT2D eigenvalue weighted by Gasteiger charge is -2.16. The molecule has 0 bridgehead atoms. The molecule has 29 heavy (non-hydrogen) atoms. The minimum atomic E-state index is -4.66. The van der Waals surface area contributed by atoms with Crippen LogP contribution >= 0.6 is 0 Å². The Morgan fingerprint density at radius 2 is 1.76 bits per heavy atom. The quantitative estimate of drug-likeness (QED) is 0.569. The van der Waals surface area contributed by atoms with E-state index in [9.17, 15) is 22.8 Å². The average molecular weight is 402 g/mol. The van der Waals surface area contributed by atoms with Gasteiger partial charge in [-0.2, -0.15) is 13.2 Å². The smallest absolute Gasteiger partial charge is 0.320 e. The zero-order valence-electron chi connectivity index (χ0n) is 15.5. The zero-order valence-corrected chi connectivity index (χ0v) is 15.5. The highest BCUT2D eigenvalue weighted by molar-refractivity contribution is 6.10. The van der Waals surface area contributed by atoms with E-state index < -0.39 is 23.2 Å². The van der Waals surface area contributed by atoms with Gasteiger partial charge in [-0.3, -0.25) is 25.4 Å². The first kappa shape index (κ1) is 20.1. The molecule has 3 N–H and O–H groups in total. The van der Waals surface area contributed by atoms with Crippen LogP contribution in [0.25, 0.3) is 10.9 Å². The summed E-state index contributed by atoms with van der Waals surface area (Å²) < 4.78 is 39.6. The van der Waals surface area contributed by atoms with E-state index in [0.29, 0.717) is 16.6 Å². The van der Waals surface area contributed by atoms with Crippen molar-refractivity contribution < 1.29 is 22.8 Å². The standard InChI is InChI=1S/C20H17F3N4O2/c1-11-10-24-18-14(17(11)27-26-12(2)28)7-5-9-16(18)25-19(29)13-6-3-4-8-15(13)20(21,22)23/h3-10H,1-2H3,(H,24,27)(H,25,29)(H,26,28). The number of rotatable bonds is 4. The minimum Gasteiger partial charge on any atom is -0.320 e. The van der Waals surface area contributed by atoms with Crippen molar-refractivity contribution >= 4 is 34.1 Å². The van der Waals surface area contributed by atoms with Crippen molar-refractivity contribution in [1.82, 2.24) is 10.4 Å². The number of nitrogens with one attached hydrogen (secondary N) is 3. The number of benzene rings is 2. The van der Waals surface area contributed by atoms with Crippen molar-refractivity contribution in [2.75, 3.05) is 10.7 Å². The van der Waals surface area contributed by atoms with Gasteiger partial charge >= 0.3 is 6.18 Å². The number of aromatic nitrogens is 1. The number of halogens is 3. The summed E-state index contributed by atoms with van der Waals surface area (Å²) in [7, 11) is 0. The molecule has 0 aliphatic heterocycles. The van der Waals surface area contributed by atoms with Gasteiger partial charge in [0.1, 0.15) is 0 Å². The number of alkyl halides is 3. The number of nitrogens with zero attached hydrogens (tertiary/aromatic N) is 1. The Balaban J connectivity index is 2.01. The number of fused-ring (bicyclic) bond motifs is 1. The molecule has 1 aromatic heterocycles. The van der Waals surface area contributed by atoms with Crippen LogP contribution in [0.1, 0.15) is 28.4 Å². The van der Waals surface area contributed by atoms with Crippen molar-refractivity contribution in [2.24, 2.45) is 0 Å². The minimum absolute atomic E-state index is 0.246. The first-order valence-corrected chi connectivity index (χ1v) is 8.57. The fourth-order valence-corrected chi connectivity index (χ4v) is 2.86. The fourth-order valence-electron chi connectivity index (χ4n) is 2.86. The van der Waals surface area contributed by atoms with Gasteiger partial charge in [-0.25, -0.2) is 0 Å². The van der Waals surface area contributed by atoms with E-state index in [1.807, 2.05) is 0 Å². The number of para-hydroxylation sites is 1. The summed E-state index contributed by atoms with van der Waals surface area (Å²) in [5, 5.41) is 3.09. The van der Waals surface area contributed by atoms with Gasteiger partial charge in [0.05, 0.1) is 28.0 Å². The number of anilines is 2. The monoisotopic (exact) mass is 402 g/mol. The van der Waals surface area contributed by atoms with Gasteiger partial charge in [0.15, 0.2) is 0 Å². The number of aryl methyl sites for hydroxylation is 1. The van der Waals surface area contributed by atoms with E-state index in [4.69, 9.17) is 0 Å². The normalized spacial score (nSPS) is 11.2. The maximum Gasteiger partial charge on any atom is 0.417 e. The molecule has 2 aromatic carbocycles. The molecule has 3 aromatic rings. The molecule has 0 fully saturated rings. The highest BCUT2D eigenvalue weighted by atomic mass is 19.4. The summed E-state index contributed by atoms with van der Waals surface area (Å²) in [5.74, 6) is -1.20. The van der Waals surface area contributed by atoms with Crippen molar-refractivity contribution in [3.63, 3.8) is 0 Å². The van der Waals surface area contributed by atoms with Crippen molar-refractivity contribution in [3.8, 4) is 0 Å². The molecular weight excluding hydrogens is 385 g/mol. The first-order chi connectivity index (χ1) is 13.7. The summed E-state index contributed by atoms with van der Waals surface area (Å²) in [6.07, 6.45) is -3.12. The van der Waals surface area contributed by atoms with Crippen molar-refractivity contribution in [3.05, 3.63) is 65.4 Å². The Labute approximate surface area is 164 Å². The molecule has 0 saturated heterocycles. The predicted molar refractivity (Wildman–Crippen MR) is 103 cm³/mol. The largest absolute Gasteiger partial charge is 0.417 e. The number of hydrogen-bond donors (Lipinski definition) is 3. The van der Waals surface area contributed by atoms with Gasteiger partial charge in [0, 0.05) is 18.5 Å². The third kappa shape index (κ3) is 4.29. The number of hydrogen-bond acceptors (Lipinski definition) is 4. The summed E-state index contributed by atoms with van der Waals surface area (Å²) in [6.45, 7) is 3.12. The van der Waals surface area contributed by atoms with Crippen LogP contribution in [-0.4, -0.2) is 16.8 Å². The zero-order chi connectivity index (χ0) is 21.2. The van der Waals surface area contributed by atoms with Crippen LogP contribution in [0.2, 0.25) is 0 Å². The maximum atomic E-state index is 13.2. The van der Waals surface area contributed by atoms with E-state index >= 15 is 0 Å². The van der Waals surface area contributed by atoms with Crippen molar-refractivity contribution in [2.45, 2.75) is 20.0 Å². The molecule has 6 nitrogen and oxygen atoms in total. The molecule has 150 valence electrons. The number of pyridine rings is 1. The van der Waals surface area contributed by atoms with E-state index in [1.54, 1.807) is 25.1 Å². The van der Waals surface area contributed by atoms with Crippen molar-refractivity contribution in [1.29, 1.82) is 0 Å². The van der Waals surface area contributed by atoms with Gasteiger partial charge in [-0.15, -0.1) is 0 Å². The summed E-state index contributed by atoms with van der Waals surface area (Å²) in [4.78, 5) is 28.1. The molecular formula is C20H17F3N4O2. The Morgan fingerprint density at radius 1 is 1.03 bits per heavy atom. The Hall–Kier alpha value is -3.62. The Bertz CT molecular complexity index is 1100. The molecule has 0 spiro atoms. The van der Waals surface area contributed by atoms with Gasteiger partial charge < -0.3 is 5.32 Å². The third-order valence-corrected chi connectivity index (χ3v) is 4.18. The number of carbonyl (C=O) groups is 2. The summed E-state index contributed by atoms with van der Waals surface area (Å²) in [5.41, 5.74) is 5.68. The SMILES string of the molecule is CC(=O)NNc1c(C)cnc2c(NC(=O)c3ccccc3C(F)(F)F)cccc12. The number of hydrazine groups is 1. The Kier molecular flexibility index (Phi) is 5.40. The van der Waals surface area contributed by atoms with E-state index in [2.05, 4.69) is 21.2 Å². The predicted octanol–water partition coefficient (Wildman–Crippen LogP) is 4.28. The molecule has 0 aliphatic rings. The van der Waals surface area contributed by atoms with Gasteiger partial charge in [-0.1, -0.05) is 24.3 Å². The van der Waals surface area contributed by atoms with Crippen LogP contribution in [0.4, 0.5) is 24.5 Å². The number of carbonyl (C=O) groups excluding carboxylic acids is 2. The summed E-state index contributed by atoms with van der Waals surface area (Å²) in [6, 6.07) is 9.46. The lowest BCUT2D eigenvalue weighted by molar-refractivity contribution is -0.137. The van der Waals surface area contributed by atoms with Gasteiger partial charge in [-0.05, 0) is 30.7 Å². The van der Waals surface area contributed by atoms with Crippen LogP contribution in [0, 0.1) is 6.92 Å². The van der Waals surface area contributed by atoms with Crippen LogP contribution < -0.4 is 16.2 Å². The van der Waals surface area contributed by atoms with E-state index in [-0.39, 0.29) is 11.6 Å². The average Bonchev–Trinajstić information content (AvgIpc) is 2.66. The van der Waals surface area contributed by atoms with Crippen LogP contribution in [0.5, 0.6) is 0 Å². The Morgan fingerprint density at radius 3 is 2.45 bits per heavy atom. The van der Waals surface area contributed by atoms with Crippen LogP contribution in [0.3, 0.4) is 0 Å². The van der Waals surface area contributed by atoms with Gasteiger partial charge in [0.2, 0.25) is 5.91 Å². The molecule has 0 saturated carbocycles. The van der Waals surface area contributed by atoms with E-state index in [0.717, 1.165) is 17.7 Å². The highest BCUT2D eigenvalue weighted by Gasteiger charge is 2.34. The maximum absolute atomic E-state index is 13.2. The van der Waals surface area contributed by atoms with E-state index in [1.165, 1.54) is 25.3 Å². The second-order valence-corrected chi connectivity index (χ2v) is 6.32. The first-order valence-electron chi connectivity index (χ1n) is 8.57. The van der Waals surface area contributed by atoms with Crippen LogP contribution in [-0.2, 0) is 11.0 Å². The lowest BCUT2D eigenvalue weighted by atomic mass is 10.1. The topological polar surface area (TPSA) is 83.1 Å². The summed E-state index contributed by atoms with van der Waals surface area (Å²) >= 11 is 0. The van der Waals surface area contributed by atoms with Gasteiger partial charge in [0.25, 0.3) is 5.91 Å². The third-order valence-electron chi connectivity index (χ3n) is 4.18. The van der Waals surface area contributed by atoms with Crippen LogP contribution in [0.15, 0.2) is 48.7 Å². The molecule has 1 heterocycles. The fraction of sp³-hybridized carbons (Fsp3) is 0.150. The second kappa shape index (κ2) is 7.78. The molecule has 0 aliphatic carbocycles. The molecule has 3 rings (SSSR count). The second-order valence-electron chi connectivity index (χ2n) is 6.32.